The second kappa shape index (κ2) is 5.97. The summed E-state index contributed by atoms with van der Waals surface area (Å²) in [5.74, 6) is 0.681. The fourth-order valence-electron chi connectivity index (χ4n) is 1.62. The Hall–Kier alpha value is -2.40. The van der Waals surface area contributed by atoms with Crippen LogP contribution in [0.25, 0.3) is 11.3 Å². The minimum Gasteiger partial charge on any atom is -0.453 e. The number of rotatable bonds is 5. The lowest BCUT2D eigenvalue weighted by atomic mass is 10.1. The monoisotopic (exact) mass is 259 g/mol. The molecule has 0 aliphatic rings. The summed E-state index contributed by atoms with van der Waals surface area (Å²) in [6.45, 7) is 0.0165. The number of furan rings is 1. The van der Waals surface area contributed by atoms with Gasteiger partial charge in [0, 0.05) is 18.4 Å². The lowest BCUT2D eigenvalue weighted by molar-refractivity contribution is -0.119. The highest BCUT2D eigenvalue weighted by Crippen LogP contribution is 2.23. The average molecular weight is 259 g/mol. The van der Waals surface area contributed by atoms with E-state index in [4.69, 9.17) is 9.15 Å². The highest BCUT2D eigenvalue weighted by Gasteiger charge is 2.05. The zero-order chi connectivity index (χ0) is 13.7. The maximum atomic E-state index is 11.3. The number of anilines is 1. The summed E-state index contributed by atoms with van der Waals surface area (Å²) in [4.78, 5) is 21.9. The zero-order valence-electron chi connectivity index (χ0n) is 10.4. The van der Waals surface area contributed by atoms with Crippen molar-refractivity contribution < 1.29 is 18.7 Å². The summed E-state index contributed by atoms with van der Waals surface area (Å²) in [7, 11) is 1.46. The first-order valence-corrected chi connectivity index (χ1v) is 5.67. The summed E-state index contributed by atoms with van der Waals surface area (Å²) in [6.07, 6.45) is 0.656. The van der Waals surface area contributed by atoms with Gasteiger partial charge in [0.15, 0.2) is 12.0 Å². The number of hydrogen-bond acceptors (Lipinski definition) is 4. The number of carbonyl (C=O) groups is 2. The molecular formula is C14H13NO4. The fraction of sp³-hybridized carbons (Fsp3) is 0.143. The van der Waals surface area contributed by atoms with Crippen LogP contribution >= 0.6 is 0 Å². The summed E-state index contributed by atoms with van der Waals surface area (Å²) < 4.78 is 10.0. The molecule has 2 aromatic rings. The van der Waals surface area contributed by atoms with E-state index in [2.05, 4.69) is 5.32 Å². The third-order valence-electron chi connectivity index (χ3n) is 2.47. The van der Waals surface area contributed by atoms with Crippen molar-refractivity contribution in [3.05, 3.63) is 42.2 Å². The predicted octanol–water partition coefficient (Wildman–Crippen LogP) is 2.34. The van der Waals surface area contributed by atoms with Crippen LogP contribution in [0.1, 0.15) is 10.6 Å². The molecule has 1 aromatic heterocycles. The van der Waals surface area contributed by atoms with Crippen LogP contribution < -0.4 is 5.32 Å². The number of aldehydes is 1. The van der Waals surface area contributed by atoms with Crippen LogP contribution in [0.3, 0.4) is 0 Å². The van der Waals surface area contributed by atoms with E-state index in [0.29, 0.717) is 17.7 Å². The molecule has 5 heteroatoms. The van der Waals surface area contributed by atoms with Crippen molar-refractivity contribution >= 4 is 17.9 Å². The van der Waals surface area contributed by atoms with Gasteiger partial charge in [-0.2, -0.15) is 0 Å². The molecule has 1 aromatic carbocycles. The van der Waals surface area contributed by atoms with E-state index in [0.717, 1.165) is 5.56 Å². The molecule has 2 rings (SSSR count). The van der Waals surface area contributed by atoms with Crippen molar-refractivity contribution in [1.82, 2.24) is 0 Å². The largest absolute Gasteiger partial charge is 0.453 e. The highest BCUT2D eigenvalue weighted by atomic mass is 16.5. The van der Waals surface area contributed by atoms with Gasteiger partial charge in [0.25, 0.3) is 0 Å². The van der Waals surface area contributed by atoms with Gasteiger partial charge in [-0.3, -0.25) is 9.59 Å². The van der Waals surface area contributed by atoms with Gasteiger partial charge in [-0.1, -0.05) is 0 Å². The van der Waals surface area contributed by atoms with Crippen molar-refractivity contribution in [2.45, 2.75) is 0 Å². The Morgan fingerprint density at radius 1 is 1.26 bits per heavy atom. The van der Waals surface area contributed by atoms with Gasteiger partial charge in [0.1, 0.15) is 12.4 Å². The molecule has 0 fully saturated rings. The number of carbonyl (C=O) groups excluding carboxylic acids is 2. The number of ether oxygens (including phenoxy) is 1. The van der Waals surface area contributed by atoms with Crippen LogP contribution in [-0.2, 0) is 9.53 Å². The van der Waals surface area contributed by atoms with E-state index >= 15 is 0 Å². The molecule has 0 saturated heterocycles. The second-order valence-electron chi connectivity index (χ2n) is 3.88. The van der Waals surface area contributed by atoms with E-state index in [1.807, 2.05) is 0 Å². The molecule has 0 atom stereocenters. The first kappa shape index (κ1) is 13.0. The number of hydrogen-bond donors (Lipinski definition) is 1. The average Bonchev–Trinajstić information content (AvgIpc) is 2.88. The van der Waals surface area contributed by atoms with Gasteiger partial charge in [0.05, 0.1) is 0 Å². The molecule has 5 nitrogen and oxygen atoms in total. The van der Waals surface area contributed by atoms with Gasteiger partial charge in [0.2, 0.25) is 5.91 Å². The summed E-state index contributed by atoms with van der Waals surface area (Å²) >= 11 is 0. The van der Waals surface area contributed by atoms with E-state index in [1.165, 1.54) is 7.11 Å². The van der Waals surface area contributed by atoms with E-state index in [1.54, 1.807) is 36.4 Å². The molecule has 0 radical (unpaired) electrons. The number of nitrogens with one attached hydrogen (secondary N) is 1. The zero-order valence-corrected chi connectivity index (χ0v) is 10.4. The molecule has 0 bridgehead atoms. The Morgan fingerprint density at radius 3 is 2.58 bits per heavy atom. The van der Waals surface area contributed by atoms with Crippen molar-refractivity contribution in [2.75, 3.05) is 19.0 Å². The number of amides is 1. The molecule has 1 amide bonds. The van der Waals surface area contributed by atoms with Gasteiger partial charge < -0.3 is 14.5 Å². The minimum absolute atomic E-state index is 0.0165. The first-order valence-electron chi connectivity index (χ1n) is 5.67. The Balaban J connectivity index is 2.09. The smallest absolute Gasteiger partial charge is 0.250 e. The molecule has 1 heterocycles. The number of methoxy groups -OCH3 is 1. The van der Waals surface area contributed by atoms with Crippen molar-refractivity contribution in [2.24, 2.45) is 0 Å². The van der Waals surface area contributed by atoms with Gasteiger partial charge >= 0.3 is 0 Å². The van der Waals surface area contributed by atoms with Crippen LogP contribution in [0.15, 0.2) is 40.8 Å². The number of benzene rings is 1. The Bertz CT molecular complexity index is 571. The molecule has 98 valence electrons. The van der Waals surface area contributed by atoms with Crippen LogP contribution in [0.2, 0.25) is 0 Å². The second-order valence-corrected chi connectivity index (χ2v) is 3.88. The molecule has 19 heavy (non-hydrogen) atoms. The standard InChI is InChI=1S/C14H13NO4/c1-18-9-14(17)15-11-4-2-10(3-5-11)13-7-6-12(8-16)19-13/h2-8H,9H2,1H3,(H,15,17). The van der Waals surface area contributed by atoms with E-state index in [9.17, 15) is 9.59 Å². The molecule has 0 aliphatic carbocycles. The summed E-state index contributed by atoms with van der Waals surface area (Å²) in [5, 5.41) is 2.69. The lowest BCUT2D eigenvalue weighted by Gasteiger charge is -2.04. The lowest BCUT2D eigenvalue weighted by Crippen LogP contribution is -2.16. The molecule has 0 spiro atoms. The van der Waals surface area contributed by atoms with Crippen molar-refractivity contribution in [3.8, 4) is 11.3 Å². The Morgan fingerprint density at radius 2 is 2.00 bits per heavy atom. The maximum absolute atomic E-state index is 11.3. The maximum Gasteiger partial charge on any atom is 0.250 e. The van der Waals surface area contributed by atoms with Crippen molar-refractivity contribution in [1.29, 1.82) is 0 Å². The van der Waals surface area contributed by atoms with E-state index < -0.39 is 0 Å². The third kappa shape index (κ3) is 3.29. The van der Waals surface area contributed by atoms with Crippen LogP contribution in [0, 0.1) is 0 Å². The van der Waals surface area contributed by atoms with Gasteiger partial charge in [-0.25, -0.2) is 0 Å². The minimum atomic E-state index is -0.212. The third-order valence-corrected chi connectivity index (χ3v) is 2.47. The molecule has 0 aliphatic heterocycles. The summed E-state index contributed by atoms with van der Waals surface area (Å²) in [6, 6.07) is 10.4. The highest BCUT2D eigenvalue weighted by molar-refractivity contribution is 5.91. The van der Waals surface area contributed by atoms with E-state index in [-0.39, 0.29) is 18.3 Å². The Labute approximate surface area is 110 Å². The Kier molecular flexibility index (Phi) is 4.10. The normalized spacial score (nSPS) is 10.2. The molecule has 1 N–H and O–H groups in total. The fourth-order valence-corrected chi connectivity index (χ4v) is 1.62. The van der Waals surface area contributed by atoms with Crippen LogP contribution in [-0.4, -0.2) is 25.9 Å². The molecule has 0 saturated carbocycles. The van der Waals surface area contributed by atoms with Gasteiger partial charge in [-0.15, -0.1) is 0 Å². The van der Waals surface area contributed by atoms with Gasteiger partial charge in [-0.05, 0) is 36.4 Å². The van der Waals surface area contributed by atoms with Crippen LogP contribution in [0.5, 0.6) is 0 Å². The van der Waals surface area contributed by atoms with Crippen LogP contribution in [0.4, 0.5) is 5.69 Å². The predicted molar refractivity (Wildman–Crippen MR) is 70.0 cm³/mol. The SMILES string of the molecule is COCC(=O)Nc1ccc(-c2ccc(C=O)o2)cc1. The quantitative estimate of drug-likeness (QED) is 0.837. The molecular weight excluding hydrogens is 246 g/mol. The summed E-state index contributed by atoms with van der Waals surface area (Å²) in [5.41, 5.74) is 1.51. The topological polar surface area (TPSA) is 68.5 Å². The molecule has 0 unspecified atom stereocenters. The first-order chi connectivity index (χ1) is 9.22. The van der Waals surface area contributed by atoms with Crippen molar-refractivity contribution in [3.63, 3.8) is 0 Å².